The molecule has 1 aliphatic carbocycles. The molecule has 0 saturated heterocycles. The molecule has 0 bridgehead atoms. The van der Waals surface area contributed by atoms with Crippen molar-refractivity contribution >= 4 is 22.1 Å². The van der Waals surface area contributed by atoms with Gasteiger partial charge in [0, 0.05) is 34.1 Å². The number of para-hydroxylation sites is 1. The van der Waals surface area contributed by atoms with E-state index in [1.807, 2.05) is 6.20 Å². The van der Waals surface area contributed by atoms with Gasteiger partial charge in [0.2, 0.25) is 5.71 Å². The SMILES string of the molecule is CCc1ccnc(-c2cccc3c2oc2nc(C4CCCCC4)ccc23)c1. The van der Waals surface area contributed by atoms with E-state index in [-0.39, 0.29) is 0 Å². The molecule has 0 atom stereocenters. The Hall–Kier alpha value is -2.68. The van der Waals surface area contributed by atoms with Gasteiger partial charge in [-0.1, -0.05) is 38.3 Å². The molecule has 0 N–H and O–H groups in total. The number of hydrogen-bond donors (Lipinski definition) is 0. The molecule has 1 fully saturated rings. The van der Waals surface area contributed by atoms with Gasteiger partial charge in [-0.05, 0) is 55.2 Å². The van der Waals surface area contributed by atoms with Crippen LogP contribution in [0.2, 0.25) is 0 Å². The molecule has 5 rings (SSSR count). The fourth-order valence-corrected chi connectivity index (χ4v) is 4.36. The lowest BCUT2D eigenvalue weighted by atomic mass is 9.86. The third-order valence-corrected chi connectivity index (χ3v) is 5.92. The second-order valence-electron chi connectivity index (χ2n) is 7.61. The summed E-state index contributed by atoms with van der Waals surface area (Å²) in [6, 6.07) is 14.9. The minimum absolute atomic E-state index is 0.582. The Morgan fingerprint density at radius 2 is 1.89 bits per heavy atom. The van der Waals surface area contributed by atoms with Crippen LogP contribution in [-0.2, 0) is 6.42 Å². The van der Waals surface area contributed by atoms with Crippen molar-refractivity contribution in [1.29, 1.82) is 0 Å². The van der Waals surface area contributed by atoms with Crippen molar-refractivity contribution in [2.24, 2.45) is 0 Å². The Morgan fingerprint density at radius 3 is 2.74 bits per heavy atom. The maximum Gasteiger partial charge on any atom is 0.227 e. The van der Waals surface area contributed by atoms with Crippen LogP contribution in [0.4, 0.5) is 0 Å². The number of benzene rings is 1. The van der Waals surface area contributed by atoms with Crippen molar-refractivity contribution in [3.63, 3.8) is 0 Å². The molecule has 4 aromatic rings. The first-order valence-corrected chi connectivity index (χ1v) is 10.1. The molecule has 3 nitrogen and oxygen atoms in total. The van der Waals surface area contributed by atoms with E-state index in [1.54, 1.807) is 0 Å². The topological polar surface area (TPSA) is 38.9 Å². The highest BCUT2D eigenvalue weighted by atomic mass is 16.3. The van der Waals surface area contributed by atoms with Gasteiger partial charge in [0.25, 0.3) is 0 Å². The van der Waals surface area contributed by atoms with Crippen molar-refractivity contribution < 1.29 is 4.42 Å². The monoisotopic (exact) mass is 356 g/mol. The lowest BCUT2D eigenvalue weighted by molar-refractivity contribution is 0.436. The second kappa shape index (κ2) is 6.80. The first-order chi connectivity index (χ1) is 13.3. The predicted molar refractivity (Wildman–Crippen MR) is 110 cm³/mol. The quantitative estimate of drug-likeness (QED) is 0.412. The fraction of sp³-hybridized carbons (Fsp3) is 0.333. The minimum atomic E-state index is 0.582. The molecule has 136 valence electrons. The number of aromatic nitrogens is 2. The molecule has 1 aliphatic rings. The largest absolute Gasteiger partial charge is 0.437 e. The summed E-state index contributed by atoms with van der Waals surface area (Å²) in [5.74, 6) is 0.582. The number of fused-ring (bicyclic) bond motifs is 3. The van der Waals surface area contributed by atoms with E-state index in [0.717, 1.165) is 39.7 Å². The first kappa shape index (κ1) is 16.5. The summed E-state index contributed by atoms with van der Waals surface area (Å²) in [7, 11) is 0. The first-order valence-electron chi connectivity index (χ1n) is 10.1. The van der Waals surface area contributed by atoms with E-state index in [4.69, 9.17) is 9.40 Å². The second-order valence-corrected chi connectivity index (χ2v) is 7.61. The highest BCUT2D eigenvalue weighted by Gasteiger charge is 2.19. The van der Waals surface area contributed by atoms with Gasteiger partial charge in [0.1, 0.15) is 5.58 Å². The number of rotatable bonds is 3. The van der Waals surface area contributed by atoms with E-state index >= 15 is 0 Å². The van der Waals surface area contributed by atoms with E-state index in [1.165, 1.54) is 43.4 Å². The molecule has 0 amide bonds. The Labute approximate surface area is 159 Å². The molecule has 0 radical (unpaired) electrons. The molecule has 0 spiro atoms. The third kappa shape index (κ3) is 2.91. The summed E-state index contributed by atoms with van der Waals surface area (Å²) in [4.78, 5) is 9.51. The maximum atomic E-state index is 6.29. The Bertz CT molecular complexity index is 1110. The molecule has 27 heavy (non-hydrogen) atoms. The van der Waals surface area contributed by atoms with Gasteiger partial charge < -0.3 is 4.42 Å². The van der Waals surface area contributed by atoms with E-state index in [9.17, 15) is 0 Å². The van der Waals surface area contributed by atoms with Gasteiger partial charge >= 0.3 is 0 Å². The van der Waals surface area contributed by atoms with Crippen LogP contribution in [0.1, 0.15) is 56.2 Å². The number of hydrogen-bond acceptors (Lipinski definition) is 3. The summed E-state index contributed by atoms with van der Waals surface area (Å²) in [6.07, 6.45) is 9.36. The van der Waals surface area contributed by atoms with Crippen LogP contribution in [-0.4, -0.2) is 9.97 Å². The highest BCUT2D eigenvalue weighted by Crippen LogP contribution is 2.37. The number of furan rings is 1. The molecule has 1 aromatic carbocycles. The van der Waals surface area contributed by atoms with Gasteiger partial charge in [0.15, 0.2) is 0 Å². The van der Waals surface area contributed by atoms with E-state index < -0.39 is 0 Å². The zero-order valence-electron chi connectivity index (χ0n) is 15.7. The number of aryl methyl sites for hydroxylation is 1. The maximum absolute atomic E-state index is 6.29. The average Bonchev–Trinajstić information content (AvgIpc) is 3.12. The smallest absolute Gasteiger partial charge is 0.227 e. The standard InChI is InChI=1S/C24H24N2O/c1-2-16-13-14-25-22(15-16)20-10-6-9-18-19-11-12-21(17-7-4-3-5-8-17)26-24(19)27-23(18)20/h6,9-15,17H,2-5,7-8H2,1H3. The predicted octanol–water partition coefficient (Wildman–Crippen LogP) is 6.65. The van der Waals surface area contributed by atoms with Crippen molar-refractivity contribution in [2.75, 3.05) is 0 Å². The lowest BCUT2D eigenvalue weighted by Gasteiger charge is -2.20. The van der Waals surface area contributed by atoms with E-state index in [2.05, 4.69) is 54.4 Å². The normalized spacial score (nSPS) is 15.6. The molecular formula is C24H24N2O. The average molecular weight is 356 g/mol. The van der Waals surface area contributed by atoms with Crippen molar-refractivity contribution in [3.05, 3.63) is 59.9 Å². The summed E-state index contributed by atoms with van der Waals surface area (Å²) in [5, 5.41) is 2.21. The summed E-state index contributed by atoms with van der Waals surface area (Å²) < 4.78 is 6.29. The molecule has 3 heterocycles. The van der Waals surface area contributed by atoms with Crippen molar-refractivity contribution in [1.82, 2.24) is 9.97 Å². The van der Waals surface area contributed by atoms with Crippen LogP contribution >= 0.6 is 0 Å². The van der Waals surface area contributed by atoms with Gasteiger partial charge in [-0.2, -0.15) is 0 Å². The third-order valence-electron chi connectivity index (χ3n) is 5.92. The molecule has 0 aliphatic heterocycles. The van der Waals surface area contributed by atoms with Gasteiger partial charge in [-0.3, -0.25) is 4.98 Å². The van der Waals surface area contributed by atoms with Crippen LogP contribution in [0, 0.1) is 0 Å². The molecule has 0 unspecified atom stereocenters. The molecule has 1 saturated carbocycles. The highest BCUT2D eigenvalue weighted by molar-refractivity contribution is 6.08. The Kier molecular flexibility index (Phi) is 4.16. The summed E-state index contributed by atoms with van der Waals surface area (Å²) in [5.41, 5.74) is 6.12. The van der Waals surface area contributed by atoms with Crippen LogP contribution in [0.15, 0.2) is 53.1 Å². The molecular weight excluding hydrogens is 332 g/mol. The minimum Gasteiger partial charge on any atom is -0.437 e. The Morgan fingerprint density at radius 1 is 1.00 bits per heavy atom. The fourth-order valence-electron chi connectivity index (χ4n) is 4.36. The van der Waals surface area contributed by atoms with Crippen LogP contribution in [0.25, 0.3) is 33.3 Å². The van der Waals surface area contributed by atoms with Crippen LogP contribution < -0.4 is 0 Å². The lowest BCUT2D eigenvalue weighted by Crippen LogP contribution is -2.06. The summed E-state index contributed by atoms with van der Waals surface area (Å²) in [6.45, 7) is 2.16. The van der Waals surface area contributed by atoms with Gasteiger partial charge in [0.05, 0.1) is 5.69 Å². The van der Waals surface area contributed by atoms with Crippen molar-refractivity contribution in [2.45, 2.75) is 51.4 Å². The van der Waals surface area contributed by atoms with E-state index in [0.29, 0.717) is 5.92 Å². The molecule has 3 heteroatoms. The Balaban J connectivity index is 1.65. The summed E-state index contributed by atoms with van der Waals surface area (Å²) >= 11 is 0. The zero-order valence-corrected chi connectivity index (χ0v) is 15.7. The van der Waals surface area contributed by atoms with Crippen molar-refractivity contribution in [3.8, 4) is 11.3 Å². The van der Waals surface area contributed by atoms with Crippen LogP contribution in [0.3, 0.4) is 0 Å². The van der Waals surface area contributed by atoms with Gasteiger partial charge in [-0.15, -0.1) is 0 Å². The van der Waals surface area contributed by atoms with Gasteiger partial charge in [-0.25, -0.2) is 4.98 Å². The number of nitrogens with zero attached hydrogens (tertiary/aromatic N) is 2. The zero-order chi connectivity index (χ0) is 18.2. The van der Waals surface area contributed by atoms with Crippen LogP contribution in [0.5, 0.6) is 0 Å². The molecule has 3 aromatic heterocycles. The number of pyridine rings is 2.